The molecule has 1 N–H and O–H groups in total. The van der Waals surface area contributed by atoms with Gasteiger partial charge in [-0.3, -0.25) is 0 Å². The molecule has 3 aromatic heterocycles. The largest absolute Gasteiger partial charge is 0.461 e. The number of rotatable bonds is 8. The highest BCUT2D eigenvalue weighted by molar-refractivity contribution is 7.16. The number of esters is 1. The number of alkyl carbamates (subject to hydrolysis) is 1. The molecule has 0 aliphatic heterocycles. The van der Waals surface area contributed by atoms with Crippen LogP contribution in [0.5, 0.6) is 0 Å². The summed E-state index contributed by atoms with van der Waals surface area (Å²) in [5, 5.41) is 11.0. The van der Waals surface area contributed by atoms with Crippen molar-refractivity contribution in [2.24, 2.45) is 5.92 Å². The maximum atomic E-state index is 12.6. The summed E-state index contributed by atoms with van der Waals surface area (Å²) in [6.07, 6.45) is 6.56. The molecule has 1 fully saturated rings. The van der Waals surface area contributed by atoms with E-state index in [4.69, 9.17) is 19.4 Å². The highest BCUT2D eigenvalue weighted by atomic mass is 32.1. The summed E-state index contributed by atoms with van der Waals surface area (Å²) in [5.74, 6) is 0.136. The summed E-state index contributed by atoms with van der Waals surface area (Å²) in [4.78, 5) is 38.5. The van der Waals surface area contributed by atoms with Gasteiger partial charge in [0.25, 0.3) is 0 Å². The van der Waals surface area contributed by atoms with Crippen molar-refractivity contribution in [2.45, 2.75) is 77.9 Å². The van der Waals surface area contributed by atoms with Crippen LogP contribution in [0.1, 0.15) is 87.8 Å². The molecule has 1 saturated carbocycles. The lowest BCUT2D eigenvalue weighted by Crippen LogP contribution is -2.35. The lowest BCUT2D eigenvalue weighted by atomic mass is 9.85. The van der Waals surface area contributed by atoms with E-state index in [1.54, 1.807) is 12.3 Å². The predicted molar refractivity (Wildman–Crippen MR) is 144 cm³/mol. The summed E-state index contributed by atoms with van der Waals surface area (Å²) in [6, 6.07) is -0.202. The monoisotopic (exact) mass is 548 g/mol. The van der Waals surface area contributed by atoms with E-state index in [1.165, 1.54) is 66.1 Å². The van der Waals surface area contributed by atoms with Crippen molar-refractivity contribution in [3.63, 3.8) is 0 Å². The Labute approximate surface area is 223 Å². The van der Waals surface area contributed by atoms with Gasteiger partial charge in [0.05, 0.1) is 12.6 Å². The molecule has 1 amide bonds. The van der Waals surface area contributed by atoms with E-state index in [9.17, 15) is 9.59 Å². The van der Waals surface area contributed by atoms with Gasteiger partial charge >= 0.3 is 12.1 Å². The van der Waals surface area contributed by atoms with Crippen LogP contribution < -0.4 is 5.32 Å². The second-order valence-electron chi connectivity index (χ2n) is 9.81. The van der Waals surface area contributed by atoms with Gasteiger partial charge in [-0.05, 0) is 40.0 Å². The molecule has 0 radical (unpaired) electrons. The minimum absolute atomic E-state index is 0.202. The van der Waals surface area contributed by atoms with Gasteiger partial charge in [0, 0.05) is 16.1 Å². The van der Waals surface area contributed by atoms with Crippen molar-refractivity contribution in [2.75, 3.05) is 6.61 Å². The molecule has 1 aliphatic rings. The third-order valence-electron chi connectivity index (χ3n) is 5.74. The molecular weight excluding hydrogens is 517 g/mol. The highest BCUT2D eigenvalue weighted by Gasteiger charge is 2.27. The minimum Gasteiger partial charge on any atom is -0.461 e. The predicted octanol–water partition coefficient (Wildman–Crippen LogP) is 7.10. The van der Waals surface area contributed by atoms with Crippen LogP contribution >= 0.6 is 34.0 Å². The van der Waals surface area contributed by atoms with Crippen LogP contribution in [-0.2, 0) is 9.47 Å². The summed E-state index contributed by atoms with van der Waals surface area (Å²) in [6.45, 7) is 7.67. The molecule has 0 unspecified atom stereocenters. The van der Waals surface area contributed by atoms with Gasteiger partial charge in [-0.2, -0.15) is 0 Å². The zero-order chi connectivity index (χ0) is 25.7. The second-order valence-corrected chi connectivity index (χ2v) is 12.4. The molecule has 0 bridgehead atoms. The van der Waals surface area contributed by atoms with Gasteiger partial charge in [-0.25, -0.2) is 24.5 Å². The number of nitrogens with zero attached hydrogens (tertiary/aromatic N) is 3. The molecule has 1 atom stereocenters. The summed E-state index contributed by atoms with van der Waals surface area (Å²) < 4.78 is 10.6. The Bertz CT molecular complexity index is 1170. The fourth-order valence-electron chi connectivity index (χ4n) is 4.15. The van der Waals surface area contributed by atoms with E-state index in [1.807, 2.05) is 31.5 Å². The number of nitrogens with one attached hydrogen (secondary N) is 1. The van der Waals surface area contributed by atoms with E-state index in [0.717, 1.165) is 22.1 Å². The molecule has 0 aromatic carbocycles. The van der Waals surface area contributed by atoms with Crippen LogP contribution in [0.3, 0.4) is 0 Å². The number of thiazole rings is 3. The summed E-state index contributed by atoms with van der Waals surface area (Å²) in [5.41, 5.74) is 1.21. The average molecular weight is 549 g/mol. The fraction of sp³-hybridized carbons (Fsp3) is 0.560. The van der Waals surface area contributed by atoms with Gasteiger partial charge < -0.3 is 14.8 Å². The van der Waals surface area contributed by atoms with E-state index in [-0.39, 0.29) is 6.04 Å². The molecule has 8 nitrogen and oxygen atoms in total. The van der Waals surface area contributed by atoms with Gasteiger partial charge in [0.1, 0.15) is 32.0 Å². The van der Waals surface area contributed by atoms with E-state index >= 15 is 0 Å². The second kappa shape index (κ2) is 11.8. The highest BCUT2D eigenvalue weighted by Crippen LogP contribution is 2.36. The maximum absolute atomic E-state index is 12.6. The average Bonchev–Trinajstić information content (AvgIpc) is 3.58. The molecule has 1 aliphatic carbocycles. The molecule has 4 rings (SSSR count). The van der Waals surface area contributed by atoms with Crippen LogP contribution in [0.25, 0.3) is 21.4 Å². The van der Waals surface area contributed by atoms with Crippen LogP contribution in [-0.4, -0.2) is 39.2 Å². The Hall–Kier alpha value is -2.37. The van der Waals surface area contributed by atoms with Gasteiger partial charge in [-0.1, -0.05) is 32.1 Å². The Balaban J connectivity index is 1.50. The van der Waals surface area contributed by atoms with Crippen molar-refractivity contribution in [3.05, 3.63) is 26.8 Å². The van der Waals surface area contributed by atoms with Crippen molar-refractivity contribution < 1.29 is 19.1 Å². The number of hydrogen-bond acceptors (Lipinski definition) is 10. The quantitative estimate of drug-likeness (QED) is 0.299. The van der Waals surface area contributed by atoms with Crippen LogP contribution in [0.2, 0.25) is 0 Å². The topological polar surface area (TPSA) is 103 Å². The zero-order valence-electron chi connectivity index (χ0n) is 21.0. The van der Waals surface area contributed by atoms with Crippen molar-refractivity contribution in [1.29, 1.82) is 0 Å². The minimum atomic E-state index is -0.562. The smallest absolute Gasteiger partial charge is 0.408 e. The van der Waals surface area contributed by atoms with Crippen LogP contribution in [0, 0.1) is 5.92 Å². The number of hydrogen-bond donors (Lipinski definition) is 1. The number of aromatic nitrogens is 3. The van der Waals surface area contributed by atoms with E-state index < -0.39 is 17.7 Å². The Morgan fingerprint density at radius 2 is 1.67 bits per heavy atom. The number of carbonyl (C=O) groups excluding carboxylic acids is 2. The van der Waals surface area contributed by atoms with Gasteiger partial charge in [0.15, 0.2) is 5.69 Å². The first-order chi connectivity index (χ1) is 17.2. The molecule has 11 heteroatoms. The molecular formula is C25H32N4O4S3. The van der Waals surface area contributed by atoms with Gasteiger partial charge in [0.2, 0.25) is 0 Å². The number of ether oxygens (including phenoxy) is 2. The third-order valence-corrected chi connectivity index (χ3v) is 8.42. The SMILES string of the molecule is CCOC(=O)c1csc(-c2csc(-c3csc([C@H](CC4CCCCC4)NC(=O)OC(C)(C)C)n3)n2)n1. The summed E-state index contributed by atoms with van der Waals surface area (Å²) in [7, 11) is 0. The Morgan fingerprint density at radius 1 is 1.00 bits per heavy atom. The molecule has 194 valence electrons. The standard InChI is InChI=1S/C25H32N4O4S3/c1-5-32-23(30)19-14-36-22(28-19)18-13-35-21(27-18)17-12-34-20(26-17)16(11-15-9-7-6-8-10-15)29-24(31)33-25(2,3)4/h12-16H,5-11H2,1-4H3,(H,29,31)/t16-/m0/s1. The van der Waals surface area contributed by atoms with E-state index in [2.05, 4.69) is 10.3 Å². The molecule has 3 heterocycles. The first-order valence-corrected chi connectivity index (χ1v) is 14.9. The summed E-state index contributed by atoms with van der Waals surface area (Å²) >= 11 is 4.37. The van der Waals surface area contributed by atoms with E-state index in [0.29, 0.717) is 28.9 Å². The van der Waals surface area contributed by atoms with Crippen molar-refractivity contribution >= 4 is 46.1 Å². The number of amides is 1. The normalized spacial score (nSPS) is 15.4. The zero-order valence-corrected chi connectivity index (χ0v) is 23.5. The lowest BCUT2D eigenvalue weighted by Gasteiger charge is -2.27. The van der Waals surface area contributed by atoms with Crippen molar-refractivity contribution in [3.8, 4) is 21.4 Å². The molecule has 36 heavy (non-hydrogen) atoms. The van der Waals surface area contributed by atoms with Crippen LogP contribution in [0.4, 0.5) is 4.79 Å². The first-order valence-electron chi connectivity index (χ1n) is 12.3. The Kier molecular flexibility index (Phi) is 8.74. The molecule has 3 aromatic rings. The fourth-order valence-corrected chi connectivity index (χ4v) is 6.68. The third kappa shape index (κ3) is 7.10. The molecule has 0 spiro atoms. The lowest BCUT2D eigenvalue weighted by molar-refractivity contribution is 0.0490. The van der Waals surface area contributed by atoms with Gasteiger partial charge in [-0.15, -0.1) is 34.0 Å². The number of carbonyl (C=O) groups is 2. The van der Waals surface area contributed by atoms with Crippen molar-refractivity contribution in [1.82, 2.24) is 20.3 Å². The molecule has 0 saturated heterocycles. The Morgan fingerprint density at radius 3 is 2.39 bits per heavy atom. The van der Waals surface area contributed by atoms with Crippen LogP contribution in [0.15, 0.2) is 16.1 Å². The first kappa shape index (κ1) is 26.7. The maximum Gasteiger partial charge on any atom is 0.408 e.